The first-order valence-corrected chi connectivity index (χ1v) is 12.4. The van der Waals surface area contributed by atoms with Gasteiger partial charge in [0.2, 0.25) is 0 Å². The third-order valence-electron chi connectivity index (χ3n) is 5.99. The first-order valence-electron chi connectivity index (χ1n) is 12.0. The van der Waals surface area contributed by atoms with Crippen LogP contribution in [0, 0.1) is 12.7 Å². The summed E-state index contributed by atoms with van der Waals surface area (Å²) in [6, 6.07) is 9.91. The zero-order chi connectivity index (χ0) is 26.7. The van der Waals surface area contributed by atoms with Crippen molar-refractivity contribution < 1.29 is 19.3 Å². The Balaban J connectivity index is 1.71. The highest BCUT2D eigenvalue weighted by atomic mass is 35.5. The van der Waals surface area contributed by atoms with E-state index in [1.807, 2.05) is 32.0 Å². The van der Waals surface area contributed by atoms with Gasteiger partial charge in [-0.3, -0.25) is 4.98 Å². The summed E-state index contributed by atoms with van der Waals surface area (Å²) >= 11 is 6.71. The molecule has 0 spiro atoms. The van der Waals surface area contributed by atoms with Gasteiger partial charge >= 0.3 is 0 Å². The summed E-state index contributed by atoms with van der Waals surface area (Å²) in [6.07, 6.45) is 3.82. The molecule has 1 atom stereocenters. The monoisotopic (exact) mass is 524 g/mol. The fourth-order valence-corrected chi connectivity index (χ4v) is 4.17. The van der Waals surface area contributed by atoms with Crippen LogP contribution in [0.25, 0.3) is 22.0 Å². The lowest BCUT2D eigenvalue weighted by Gasteiger charge is -2.21. The number of nitrogens with zero attached hydrogens (tertiary/aromatic N) is 3. The Hall–Kier alpha value is -3.33. The summed E-state index contributed by atoms with van der Waals surface area (Å²) in [5, 5.41) is 23.7. The van der Waals surface area contributed by atoms with Crippen molar-refractivity contribution in [3.8, 4) is 16.9 Å². The van der Waals surface area contributed by atoms with Crippen molar-refractivity contribution in [3.63, 3.8) is 0 Å². The number of fused-ring (bicyclic) bond motifs is 1. The molecular formula is C28H30ClFN4O3. The first-order chi connectivity index (χ1) is 17.6. The number of benzene rings is 2. The molecule has 0 radical (unpaired) electrons. The Morgan fingerprint density at radius 3 is 2.51 bits per heavy atom. The molecule has 0 aliphatic rings. The Morgan fingerprint density at radius 2 is 1.84 bits per heavy atom. The third-order valence-corrected chi connectivity index (χ3v) is 6.45. The van der Waals surface area contributed by atoms with Gasteiger partial charge in [0.05, 0.1) is 34.6 Å². The molecule has 3 N–H and O–H groups in total. The van der Waals surface area contributed by atoms with Gasteiger partial charge in [0.1, 0.15) is 17.2 Å². The highest BCUT2D eigenvalue weighted by Crippen LogP contribution is 2.37. The molecule has 0 saturated heterocycles. The van der Waals surface area contributed by atoms with Crippen molar-refractivity contribution in [1.82, 2.24) is 15.0 Å². The van der Waals surface area contributed by atoms with Gasteiger partial charge in [0.25, 0.3) is 0 Å². The van der Waals surface area contributed by atoms with E-state index in [9.17, 15) is 9.50 Å². The summed E-state index contributed by atoms with van der Waals surface area (Å²) in [5.74, 6) is 0.487. The highest BCUT2D eigenvalue weighted by molar-refractivity contribution is 6.35. The van der Waals surface area contributed by atoms with Gasteiger partial charge in [-0.15, -0.1) is 0 Å². The van der Waals surface area contributed by atoms with Crippen LogP contribution in [-0.4, -0.2) is 38.4 Å². The molecule has 0 fully saturated rings. The van der Waals surface area contributed by atoms with E-state index in [2.05, 4.69) is 20.3 Å². The maximum Gasteiger partial charge on any atom is 0.159 e. The number of hydrogen-bond acceptors (Lipinski definition) is 7. The number of aryl methyl sites for hydroxylation is 1. The minimum atomic E-state index is -1.14. The lowest BCUT2D eigenvalue weighted by Crippen LogP contribution is -2.19. The number of halogens is 2. The Labute approximate surface area is 220 Å². The largest absolute Gasteiger partial charge is 0.493 e. The van der Waals surface area contributed by atoms with Crippen LogP contribution in [0.2, 0.25) is 5.02 Å². The van der Waals surface area contributed by atoms with Crippen LogP contribution < -0.4 is 10.1 Å². The van der Waals surface area contributed by atoms with Crippen molar-refractivity contribution in [1.29, 1.82) is 0 Å². The molecule has 2 heterocycles. The molecule has 4 rings (SSSR count). The number of aliphatic hydroxyl groups is 2. The smallest absolute Gasteiger partial charge is 0.159 e. The fraction of sp³-hybridized carbons (Fsp3) is 0.321. The quantitative estimate of drug-likeness (QED) is 0.232. The van der Waals surface area contributed by atoms with Crippen molar-refractivity contribution in [2.45, 2.75) is 45.8 Å². The third kappa shape index (κ3) is 5.98. The van der Waals surface area contributed by atoms with E-state index in [0.717, 1.165) is 22.0 Å². The summed E-state index contributed by atoms with van der Waals surface area (Å²) in [7, 11) is 0. The van der Waals surface area contributed by atoms with E-state index >= 15 is 0 Å². The van der Waals surface area contributed by atoms with Gasteiger partial charge in [0.15, 0.2) is 5.82 Å². The van der Waals surface area contributed by atoms with Gasteiger partial charge in [-0.25, -0.2) is 14.4 Å². The van der Waals surface area contributed by atoms with E-state index in [0.29, 0.717) is 46.6 Å². The SMILES string of the molecule is Cc1nc2ccc(-c3cnc(C(C)(C)O)nc3)cc2c(N[C@H](C)c2cc(OCCCO)ccc2F)c1Cl. The predicted octanol–water partition coefficient (Wildman–Crippen LogP) is 5.95. The molecule has 0 unspecified atom stereocenters. The van der Waals surface area contributed by atoms with E-state index in [-0.39, 0.29) is 12.4 Å². The zero-order valence-electron chi connectivity index (χ0n) is 21.2. The van der Waals surface area contributed by atoms with Crippen molar-refractivity contribution in [3.05, 3.63) is 76.7 Å². The van der Waals surface area contributed by atoms with Gasteiger partial charge in [-0.1, -0.05) is 17.7 Å². The maximum atomic E-state index is 14.8. The molecule has 37 heavy (non-hydrogen) atoms. The summed E-state index contributed by atoms with van der Waals surface area (Å²) in [4.78, 5) is 13.2. The number of hydrogen-bond donors (Lipinski definition) is 3. The Bertz CT molecular complexity index is 1410. The van der Waals surface area contributed by atoms with Crippen molar-refractivity contribution in [2.24, 2.45) is 0 Å². The number of ether oxygens (including phenoxy) is 1. The second-order valence-corrected chi connectivity index (χ2v) is 9.83. The number of aliphatic hydroxyl groups excluding tert-OH is 1. The van der Waals surface area contributed by atoms with Gasteiger partial charge < -0.3 is 20.3 Å². The predicted molar refractivity (Wildman–Crippen MR) is 143 cm³/mol. The molecule has 0 saturated carbocycles. The van der Waals surface area contributed by atoms with Crippen molar-refractivity contribution >= 4 is 28.2 Å². The molecule has 2 aromatic carbocycles. The minimum Gasteiger partial charge on any atom is -0.493 e. The van der Waals surface area contributed by atoms with Crippen LogP contribution in [0.4, 0.5) is 10.1 Å². The van der Waals surface area contributed by atoms with Gasteiger partial charge in [0, 0.05) is 41.9 Å². The van der Waals surface area contributed by atoms with Crippen LogP contribution in [-0.2, 0) is 5.60 Å². The van der Waals surface area contributed by atoms with Crippen molar-refractivity contribution in [2.75, 3.05) is 18.5 Å². The Kier molecular flexibility index (Phi) is 7.92. The summed E-state index contributed by atoms with van der Waals surface area (Å²) < 4.78 is 20.4. The molecule has 2 aromatic heterocycles. The lowest BCUT2D eigenvalue weighted by atomic mass is 10.0. The normalized spacial score (nSPS) is 12.5. The number of anilines is 1. The molecule has 7 nitrogen and oxygen atoms in total. The maximum absolute atomic E-state index is 14.8. The summed E-state index contributed by atoms with van der Waals surface area (Å²) in [5.41, 5.74) is 2.92. The average molecular weight is 525 g/mol. The molecule has 194 valence electrons. The minimum absolute atomic E-state index is 0.0245. The lowest BCUT2D eigenvalue weighted by molar-refractivity contribution is 0.0687. The molecule has 0 amide bonds. The number of aromatic nitrogens is 3. The van der Waals surface area contributed by atoms with E-state index in [1.54, 1.807) is 38.4 Å². The average Bonchev–Trinajstić information content (AvgIpc) is 2.87. The zero-order valence-corrected chi connectivity index (χ0v) is 22.0. The van der Waals surface area contributed by atoms with E-state index in [4.69, 9.17) is 21.4 Å². The fourth-order valence-electron chi connectivity index (χ4n) is 3.97. The van der Waals surface area contributed by atoms with Crippen LogP contribution in [0.15, 0.2) is 48.8 Å². The van der Waals surface area contributed by atoms with Gasteiger partial charge in [-0.05, 0) is 63.6 Å². The molecule has 4 aromatic rings. The molecule has 0 aliphatic heterocycles. The standard InChI is InChI=1S/C28H30ClFN4O3/c1-16(21-13-20(7-8-23(21)30)37-11-5-10-35)34-26-22-12-18(6-9-24(22)33-17(2)25(26)29)19-14-31-27(32-15-19)28(3,4)36/h6-9,12-16,35-36H,5,10-11H2,1-4H3,(H,33,34)/t16-/m1/s1. The molecule has 0 aliphatic carbocycles. The molecule has 0 bridgehead atoms. The second kappa shape index (κ2) is 11.0. The number of rotatable bonds is 9. The van der Waals surface area contributed by atoms with E-state index < -0.39 is 11.6 Å². The number of pyridine rings is 1. The van der Waals surface area contributed by atoms with E-state index in [1.165, 1.54) is 6.07 Å². The van der Waals surface area contributed by atoms with Crippen LogP contribution in [0.1, 0.15) is 50.3 Å². The number of nitrogens with one attached hydrogen (secondary N) is 1. The second-order valence-electron chi connectivity index (χ2n) is 9.45. The molecular weight excluding hydrogens is 495 g/mol. The highest BCUT2D eigenvalue weighted by Gasteiger charge is 2.20. The van der Waals surface area contributed by atoms with Crippen LogP contribution >= 0.6 is 11.6 Å². The summed E-state index contributed by atoms with van der Waals surface area (Å²) in [6.45, 7) is 7.30. The Morgan fingerprint density at radius 1 is 1.11 bits per heavy atom. The van der Waals surface area contributed by atoms with Gasteiger partial charge in [-0.2, -0.15) is 0 Å². The first kappa shape index (κ1) is 26.7. The van der Waals surface area contributed by atoms with Crippen LogP contribution in [0.5, 0.6) is 5.75 Å². The molecule has 9 heteroatoms. The van der Waals surface area contributed by atoms with Crippen LogP contribution in [0.3, 0.4) is 0 Å². The topological polar surface area (TPSA) is 100 Å².